The number of amides is 3. The van der Waals surface area contributed by atoms with Gasteiger partial charge in [-0.25, -0.2) is 14.0 Å². The Kier molecular flexibility index (Phi) is 5.92. The molecule has 1 aliphatic heterocycles. The molecule has 1 N–H and O–H groups in total. The van der Waals surface area contributed by atoms with Gasteiger partial charge in [-0.1, -0.05) is 0 Å². The van der Waals surface area contributed by atoms with Crippen LogP contribution in [0.1, 0.15) is 27.7 Å². The summed E-state index contributed by atoms with van der Waals surface area (Å²) in [5, 5.41) is 2.57. The van der Waals surface area contributed by atoms with E-state index in [1.807, 2.05) is 0 Å². The molecule has 0 radical (unpaired) electrons. The first kappa shape index (κ1) is 20.5. The second-order valence-electron chi connectivity index (χ2n) is 7.23. The van der Waals surface area contributed by atoms with Gasteiger partial charge in [0.1, 0.15) is 17.5 Å². The van der Waals surface area contributed by atoms with Gasteiger partial charge < -0.3 is 14.8 Å². The fourth-order valence-electron chi connectivity index (χ4n) is 2.46. The molecule has 0 aliphatic carbocycles. The molecule has 8 nitrogen and oxygen atoms in total. The number of benzene rings is 1. The second kappa shape index (κ2) is 7.81. The Morgan fingerprint density at radius 3 is 2.63 bits per heavy atom. The van der Waals surface area contributed by atoms with E-state index in [0.29, 0.717) is 5.69 Å². The van der Waals surface area contributed by atoms with Crippen LogP contribution in [0.25, 0.3) is 0 Å². The molecule has 2 rings (SSSR count). The number of cyclic esters (lactones) is 1. The van der Waals surface area contributed by atoms with Gasteiger partial charge in [-0.15, -0.1) is 0 Å². The summed E-state index contributed by atoms with van der Waals surface area (Å²) in [5.74, 6) is -0.913. The number of rotatable bonds is 4. The van der Waals surface area contributed by atoms with E-state index in [-0.39, 0.29) is 24.7 Å². The van der Waals surface area contributed by atoms with Gasteiger partial charge in [-0.3, -0.25) is 14.6 Å². The van der Waals surface area contributed by atoms with Crippen LogP contribution in [-0.2, 0) is 14.3 Å². The molecule has 0 unspecified atom stereocenters. The zero-order chi connectivity index (χ0) is 20.4. The third kappa shape index (κ3) is 5.32. The summed E-state index contributed by atoms with van der Waals surface area (Å²) in [5.41, 5.74) is -0.385. The highest BCUT2D eigenvalue weighted by atomic mass is 19.1. The molecule has 0 bridgehead atoms. The number of nitrogens with one attached hydrogen (secondary N) is 1. The molecule has 148 valence electrons. The highest BCUT2D eigenvalue weighted by molar-refractivity contribution is 5.91. The lowest BCUT2D eigenvalue weighted by atomic mass is 10.2. The number of nitrogens with zero attached hydrogens (tertiary/aromatic N) is 2. The average Bonchev–Trinajstić information content (AvgIpc) is 2.91. The molecule has 0 saturated carbocycles. The maximum atomic E-state index is 14.5. The van der Waals surface area contributed by atoms with Gasteiger partial charge in [0.2, 0.25) is 5.91 Å². The maximum Gasteiger partial charge on any atom is 0.414 e. The van der Waals surface area contributed by atoms with E-state index < -0.39 is 29.7 Å². The monoisotopic (exact) mass is 381 g/mol. The van der Waals surface area contributed by atoms with Crippen LogP contribution in [0.5, 0.6) is 0 Å². The first-order valence-corrected chi connectivity index (χ1v) is 8.47. The van der Waals surface area contributed by atoms with Crippen molar-refractivity contribution in [3.63, 3.8) is 0 Å². The van der Waals surface area contributed by atoms with Crippen molar-refractivity contribution in [1.29, 1.82) is 0 Å². The lowest BCUT2D eigenvalue weighted by Crippen LogP contribution is -2.34. The van der Waals surface area contributed by atoms with E-state index in [0.717, 1.165) is 11.0 Å². The summed E-state index contributed by atoms with van der Waals surface area (Å²) in [6.07, 6.45) is -1.84. The third-order valence-corrected chi connectivity index (χ3v) is 3.72. The molecule has 1 aliphatic rings. The van der Waals surface area contributed by atoms with E-state index in [1.54, 1.807) is 20.8 Å². The predicted octanol–water partition coefficient (Wildman–Crippen LogP) is 2.66. The largest absolute Gasteiger partial charge is 0.443 e. The van der Waals surface area contributed by atoms with E-state index in [1.165, 1.54) is 31.0 Å². The molecular weight excluding hydrogens is 357 g/mol. The Morgan fingerprint density at radius 2 is 2.07 bits per heavy atom. The van der Waals surface area contributed by atoms with E-state index in [4.69, 9.17) is 9.47 Å². The van der Waals surface area contributed by atoms with Crippen LogP contribution in [0.3, 0.4) is 0 Å². The summed E-state index contributed by atoms with van der Waals surface area (Å²) in [7, 11) is 1.40. The Balaban J connectivity index is 2.11. The standard InChI is InChI=1S/C18H24FN3O5/c1-11(23)20-9-13-10-22(17(25)26-13)12-6-7-15(14(19)8-12)21(5)16(24)27-18(2,3)4/h6-8,13H,9-10H2,1-5H3,(H,20,23)/t13-/m0/s1. The van der Waals surface area contributed by atoms with Gasteiger partial charge in [0, 0.05) is 14.0 Å². The Morgan fingerprint density at radius 1 is 1.41 bits per heavy atom. The van der Waals surface area contributed by atoms with Crippen molar-refractivity contribution in [1.82, 2.24) is 5.32 Å². The van der Waals surface area contributed by atoms with Gasteiger partial charge in [0.15, 0.2) is 0 Å². The van der Waals surface area contributed by atoms with Crippen LogP contribution in [0.2, 0.25) is 0 Å². The van der Waals surface area contributed by atoms with Gasteiger partial charge >= 0.3 is 12.2 Å². The molecule has 1 fully saturated rings. The molecule has 3 amide bonds. The van der Waals surface area contributed by atoms with Crippen LogP contribution in [-0.4, -0.2) is 49.9 Å². The van der Waals surface area contributed by atoms with Crippen molar-refractivity contribution >= 4 is 29.5 Å². The molecule has 0 spiro atoms. The van der Waals surface area contributed by atoms with Gasteiger partial charge in [-0.2, -0.15) is 0 Å². The highest BCUT2D eigenvalue weighted by Crippen LogP contribution is 2.28. The van der Waals surface area contributed by atoms with Crippen molar-refractivity contribution in [2.24, 2.45) is 0 Å². The Labute approximate surface area is 157 Å². The van der Waals surface area contributed by atoms with Gasteiger partial charge in [0.25, 0.3) is 0 Å². The van der Waals surface area contributed by atoms with Crippen LogP contribution in [0.4, 0.5) is 25.4 Å². The minimum Gasteiger partial charge on any atom is -0.443 e. The maximum absolute atomic E-state index is 14.5. The number of ether oxygens (including phenoxy) is 2. The summed E-state index contributed by atoms with van der Waals surface area (Å²) in [6.45, 7) is 6.88. The molecule has 1 heterocycles. The fraction of sp³-hybridized carbons (Fsp3) is 0.500. The molecule has 9 heteroatoms. The molecule has 1 aromatic rings. The molecule has 1 saturated heterocycles. The number of hydrogen-bond acceptors (Lipinski definition) is 5. The van der Waals surface area contributed by atoms with Crippen LogP contribution >= 0.6 is 0 Å². The van der Waals surface area contributed by atoms with Crippen LogP contribution in [0.15, 0.2) is 18.2 Å². The van der Waals surface area contributed by atoms with Crippen LogP contribution in [0, 0.1) is 5.82 Å². The Bertz CT molecular complexity index is 747. The summed E-state index contributed by atoms with van der Waals surface area (Å²) < 4.78 is 24.9. The predicted molar refractivity (Wildman–Crippen MR) is 97.3 cm³/mol. The van der Waals surface area contributed by atoms with Crippen molar-refractivity contribution in [3.05, 3.63) is 24.0 Å². The summed E-state index contributed by atoms with van der Waals surface area (Å²) in [4.78, 5) is 37.4. The first-order valence-electron chi connectivity index (χ1n) is 8.47. The molecule has 1 aromatic carbocycles. The minimum atomic E-state index is -0.704. The van der Waals surface area contributed by atoms with Crippen molar-refractivity contribution in [3.8, 4) is 0 Å². The molecule has 1 atom stereocenters. The smallest absolute Gasteiger partial charge is 0.414 e. The zero-order valence-corrected chi connectivity index (χ0v) is 16.0. The molecular formula is C18H24FN3O5. The van der Waals surface area contributed by atoms with Crippen molar-refractivity contribution < 1.29 is 28.2 Å². The lowest BCUT2D eigenvalue weighted by molar-refractivity contribution is -0.119. The summed E-state index contributed by atoms with van der Waals surface area (Å²) in [6, 6.07) is 4.06. The van der Waals surface area contributed by atoms with Gasteiger partial charge in [0.05, 0.1) is 24.5 Å². The quantitative estimate of drug-likeness (QED) is 0.866. The fourth-order valence-corrected chi connectivity index (χ4v) is 2.46. The number of hydrogen-bond donors (Lipinski definition) is 1. The zero-order valence-electron chi connectivity index (χ0n) is 16.0. The summed E-state index contributed by atoms with van der Waals surface area (Å²) >= 11 is 0. The normalized spacial score (nSPS) is 16.7. The number of carbonyl (C=O) groups is 3. The van der Waals surface area contributed by atoms with Crippen molar-refractivity contribution in [2.75, 3.05) is 29.9 Å². The first-order chi connectivity index (χ1) is 12.5. The average molecular weight is 381 g/mol. The van der Waals surface area contributed by atoms with Crippen LogP contribution < -0.4 is 15.1 Å². The lowest BCUT2D eigenvalue weighted by Gasteiger charge is -2.25. The third-order valence-electron chi connectivity index (χ3n) is 3.72. The number of carbonyl (C=O) groups excluding carboxylic acids is 3. The Hall–Kier alpha value is -2.84. The van der Waals surface area contributed by atoms with E-state index >= 15 is 0 Å². The molecule has 27 heavy (non-hydrogen) atoms. The molecule has 0 aromatic heterocycles. The van der Waals surface area contributed by atoms with E-state index in [9.17, 15) is 18.8 Å². The number of halogens is 1. The number of anilines is 2. The topological polar surface area (TPSA) is 88.2 Å². The van der Waals surface area contributed by atoms with Gasteiger partial charge in [-0.05, 0) is 39.0 Å². The van der Waals surface area contributed by atoms with Crippen molar-refractivity contribution in [2.45, 2.75) is 39.4 Å². The van der Waals surface area contributed by atoms with E-state index in [2.05, 4.69) is 5.32 Å². The minimum absolute atomic E-state index is 0.0235. The SMILES string of the molecule is CC(=O)NC[C@H]1CN(c2ccc(N(C)C(=O)OC(C)(C)C)c(F)c2)C(=O)O1. The highest BCUT2D eigenvalue weighted by Gasteiger charge is 2.33. The second-order valence-corrected chi connectivity index (χ2v) is 7.23.